The molecule has 0 heterocycles. The molecule has 0 spiro atoms. The van der Waals surface area contributed by atoms with Crippen LogP contribution in [0.4, 0.5) is 10.5 Å². The summed E-state index contributed by atoms with van der Waals surface area (Å²) < 4.78 is 5.12. The number of anilines is 1. The fourth-order valence-corrected chi connectivity index (χ4v) is 2.77. The van der Waals surface area contributed by atoms with Gasteiger partial charge in [-0.25, -0.2) is 4.79 Å². The number of carbonyl (C=O) groups excluding carboxylic acids is 3. The van der Waals surface area contributed by atoms with E-state index in [1.165, 1.54) is 6.08 Å². The van der Waals surface area contributed by atoms with Gasteiger partial charge in [0.25, 0.3) is 0 Å². The number of alkyl carbamates (subject to hydrolysis) is 1. The van der Waals surface area contributed by atoms with E-state index < -0.39 is 11.7 Å². The van der Waals surface area contributed by atoms with Gasteiger partial charge >= 0.3 is 6.09 Å². The summed E-state index contributed by atoms with van der Waals surface area (Å²) in [6.45, 7) is 7.82. The van der Waals surface area contributed by atoms with E-state index in [0.717, 1.165) is 16.7 Å². The molecule has 0 fully saturated rings. The van der Waals surface area contributed by atoms with Gasteiger partial charge in [0.05, 0.1) is 0 Å². The van der Waals surface area contributed by atoms with Gasteiger partial charge in [-0.1, -0.05) is 42.0 Å². The van der Waals surface area contributed by atoms with Gasteiger partial charge in [-0.15, -0.1) is 0 Å². The van der Waals surface area contributed by atoms with Gasteiger partial charge in [0.1, 0.15) is 5.60 Å². The van der Waals surface area contributed by atoms with Crippen molar-refractivity contribution >= 4 is 29.7 Å². The zero-order valence-electron chi connectivity index (χ0n) is 19.0. The second-order valence-corrected chi connectivity index (χ2v) is 8.39. The highest BCUT2D eigenvalue weighted by Gasteiger charge is 2.15. The van der Waals surface area contributed by atoms with Crippen LogP contribution in [0.15, 0.2) is 54.6 Å². The molecule has 7 heteroatoms. The Labute approximate surface area is 189 Å². The minimum absolute atomic E-state index is 0.138. The van der Waals surface area contributed by atoms with Crippen molar-refractivity contribution < 1.29 is 19.1 Å². The average Bonchev–Trinajstić information content (AvgIpc) is 2.70. The Bertz CT molecular complexity index is 977. The third-order valence-corrected chi connectivity index (χ3v) is 4.17. The van der Waals surface area contributed by atoms with Crippen molar-refractivity contribution in [3.63, 3.8) is 0 Å². The second-order valence-electron chi connectivity index (χ2n) is 8.39. The van der Waals surface area contributed by atoms with E-state index in [0.29, 0.717) is 12.2 Å². The molecule has 0 aliphatic carbocycles. The van der Waals surface area contributed by atoms with Crippen molar-refractivity contribution in [2.45, 2.75) is 46.3 Å². The summed E-state index contributed by atoms with van der Waals surface area (Å²) in [5.74, 6) is -0.433. The first kappa shape index (κ1) is 24.7. The van der Waals surface area contributed by atoms with Crippen LogP contribution in [0.25, 0.3) is 6.08 Å². The largest absolute Gasteiger partial charge is 0.444 e. The van der Waals surface area contributed by atoms with Crippen molar-refractivity contribution in [3.05, 3.63) is 71.3 Å². The summed E-state index contributed by atoms with van der Waals surface area (Å²) in [6, 6.07) is 15.1. The van der Waals surface area contributed by atoms with E-state index in [1.54, 1.807) is 39.0 Å². The van der Waals surface area contributed by atoms with Crippen molar-refractivity contribution in [2.24, 2.45) is 0 Å². The molecule has 0 aliphatic heterocycles. The molecule has 170 valence electrons. The minimum atomic E-state index is -0.580. The molecule has 3 N–H and O–H groups in total. The number of hydrogen-bond donors (Lipinski definition) is 3. The SMILES string of the molecule is Cc1cccc(/C=C/C(=O)Nc2cccc(CNC(=O)CCNC(=O)OC(C)(C)C)c2)c1. The van der Waals surface area contributed by atoms with Gasteiger partial charge in [0.15, 0.2) is 0 Å². The Morgan fingerprint density at radius 2 is 1.75 bits per heavy atom. The highest BCUT2D eigenvalue weighted by molar-refractivity contribution is 6.01. The van der Waals surface area contributed by atoms with E-state index in [-0.39, 0.29) is 24.8 Å². The van der Waals surface area contributed by atoms with Gasteiger partial charge < -0.3 is 20.7 Å². The van der Waals surface area contributed by atoms with E-state index in [9.17, 15) is 14.4 Å². The molecule has 0 saturated heterocycles. The van der Waals surface area contributed by atoms with Gasteiger partial charge in [-0.05, 0) is 57.0 Å². The van der Waals surface area contributed by atoms with Crippen molar-refractivity contribution in [3.8, 4) is 0 Å². The average molecular weight is 438 g/mol. The highest BCUT2D eigenvalue weighted by atomic mass is 16.6. The lowest BCUT2D eigenvalue weighted by Crippen LogP contribution is -2.35. The molecule has 0 atom stereocenters. The Hall–Kier alpha value is -3.61. The lowest BCUT2D eigenvalue weighted by molar-refractivity contribution is -0.121. The predicted octanol–water partition coefficient (Wildman–Crippen LogP) is 4.18. The maximum absolute atomic E-state index is 12.2. The molecule has 3 amide bonds. The third kappa shape index (κ3) is 9.93. The van der Waals surface area contributed by atoms with Crippen molar-refractivity contribution in [1.29, 1.82) is 0 Å². The fraction of sp³-hybridized carbons (Fsp3) is 0.320. The topological polar surface area (TPSA) is 96.5 Å². The van der Waals surface area contributed by atoms with Gasteiger partial charge in [-0.3, -0.25) is 9.59 Å². The van der Waals surface area contributed by atoms with Crippen LogP contribution >= 0.6 is 0 Å². The summed E-state index contributed by atoms with van der Waals surface area (Å²) in [7, 11) is 0. The van der Waals surface area contributed by atoms with Crippen LogP contribution in [0, 0.1) is 6.92 Å². The van der Waals surface area contributed by atoms with Crippen LogP contribution in [0.2, 0.25) is 0 Å². The normalized spacial score (nSPS) is 11.1. The zero-order chi connectivity index (χ0) is 23.6. The molecule has 0 aromatic heterocycles. The second kappa shape index (κ2) is 11.7. The monoisotopic (exact) mass is 437 g/mol. The molecule has 0 radical (unpaired) electrons. The van der Waals surface area contributed by atoms with E-state index in [2.05, 4.69) is 16.0 Å². The summed E-state index contributed by atoms with van der Waals surface area (Å²) in [6.07, 6.45) is 2.84. The Kier molecular flexibility index (Phi) is 9.01. The number of rotatable bonds is 8. The van der Waals surface area contributed by atoms with E-state index in [4.69, 9.17) is 4.74 Å². The minimum Gasteiger partial charge on any atom is -0.444 e. The van der Waals surface area contributed by atoms with E-state index in [1.807, 2.05) is 43.3 Å². The molecule has 2 rings (SSSR count). The summed E-state index contributed by atoms with van der Waals surface area (Å²) in [5.41, 5.74) is 2.99. The Balaban J connectivity index is 1.77. The summed E-state index contributed by atoms with van der Waals surface area (Å²) in [4.78, 5) is 35.8. The first-order valence-electron chi connectivity index (χ1n) is 10.5. The van der Waals surface area contributed by atoms with Gasteiger partial charge in [0.2, 0.25) is 11.8 Å². The standard InChI is InChI=1S/C25H31N3O4/c1-18-7-5-8-19(15-18)11-12-23(30)28-21-10-6-9-20(16-21)17-27-22(29)13-14-26-24(31)32-25(2,3)4/h5-12,15-16H,13-14,17H2,1-4H3,(H,26,31)(H,27,29)(H,28,30)/b12-11+. The third-order valence-electron chi connectivity index (χ3n) is 4.17. The van der Waals surface area contributed by atoms with Crippen LogP contribution in [-0.4, -0.2) is 30.1 Å². The molecular formula is C25H31N3O4. The lowest BCUT2D eigenvalue weighted by atomic mass is 10.1. The number of nitrogens with one attached hydrogen (secondary N) is 3. The van der Waals surface area contributed by atoms with Gasteiger partial charge in [-0.2, -0.15) is 0 Å². The Morgan fingerprint density at radius 1 is 1.00 bits per heavy atom. The van der Waals surface area contributed by atoms with Crippen molar-refractivity contribution in [1.82, 2.24) is 10.6 Å². The smallest absolute Gasteiger partial charge is 0.407 e. The molecular weight excluding hydrogens is 406 g/mol. The number of ether oxygens (including phenoxy) is 1. The molecule has 0 unspecified atom stereocenters. The lowest BCUT2D eigenvalue weighted by Gasteiger charge is -2.19. The van der Waals surface area contributed by atoms with E-state index >= 15 is 0 Å². The molecule has 0 aliphatic rings. The number of carbonyl (C=O) groups is 3. The number of benzene rings is 2. The maximum Gasteiger partial charge on any atom is 0.407 e. The molecule has 2 aromatic carbocycles. The highest BCUT2D eigenvalue weighted by Crippen LogP contribution is 2.12. The molecule has 0 bridgehead atoms. The zero-order valence-corrected chi connectivity index (χ0v) is 19.0. The van der Waals surface area contributed by atoms with Crippen LogP contribution in [0.5, 0.6) is 0 Å². The van der Waals surface area contributed by atoms with Crippen LogP contribution in [-0.2, 0) is 20.9 Å². The summed E-state index contributed by atoms with van der Waals surface area (Å²) >= 11 is 0. The maximum atomic E-state index is 12.2. The first-order valence-corrected chi connectivity index (χ1v) is 10.5. The quantitative estimate of drug-likeness (QED) is 0.540. The first-order chi connectivity index (χ1) is 15.1. The molecule has 32 heavy (non-hydrogen) atoms. The van der Waals surface area contributed by atoms with Crippen LogP contribution in [0.1, 0.15) is 43.9 Å². The van der Waals surface area contributed by atoms with Crippen LogP contribution < -0.4 is 16.0 Å². The Morgan fingerprint density at radius 3 is 2.47 bits per heavy atom. The number of amides is 3. The van der Waals surface area contributed by atoms with Crippen LogP contribution in [0.3, 0.4) is 0 Å². The predicted molar refractivity (Wildman–Crippen MR) is 126 cm³/mol. The molecule has 7 nitrogen and oxygen atoms in total. The summed E-state index contributed by atoms with van der Waals surface area (Å²) in [5, 5.41) is 8.17. The number of aryl methyl sites for hydroxylation is 1. The van der Waals surface area contributed by atoms with Crippen molar-refractivity contribution in [2.75, 3.05) is 11.9 Å². The number of hydrogen-bond acceptors (Lipinski definition) is 4. The molecule has 0 saturated carbocycles. The van der Waals surface area contributed by atoms with Gasteiger partial charge in [0, 0.05) is 31.3 Å². The fourth-order valence-electron chi connectivity index (χ4n) is 2.77. The molecule has 2 aromatic rings.